The van der Waals surface area contributed by atoms with Gasteiger partial charge in [-0.05, 0) is 37.9 Å². The number of hydrogen-bond acceptors (Lipinski definition) is 4. The summed E-state index contributed by atoms with van der Waals surface area (Å²) in [6, 6.07) is 9.06. The molecule has 0 amide bonds. The van der Waals surface area contributed by atoms with Gasteiger partial charge < -0.3 is 10.6 Å². The second-order valence-electron chi connectivity index (χ2n) is 4.53. The lowest BCUT2D eigenvalue weighted by Crippen LogP contribution is -2.28. The van der Waals surface area contributed by atoms with Crippen molar-refractivity contribution in [2.45, 2.75) is 25.3 Å². The van der Waals surface area contributed by atoms with E-state index in [-0.39, 0.29) is 0 Å². The zero-order chi connectivity index (χ0) is 11.7. The van der Waals surface area contributed by atoms with Gasteiger partial charge in [-0.1, -0.05) is 23.5 Å². The predicted molar refractivity (Wildman–Crippen MR) is 73.7 cm³/mol. The molecule has 0 saturated heterocycles. The molecule has 0 radical (unpaired) electrons. The summed E-state index contributed by atoms with van der Waals surface area (Å²) in [6.07, 6.45) is 3.66. The van der Waals surface area contributed by atoms with Crippen LogP contribution in [-0.4, -0.2) is 24.1 Å². The molecule has 1 heterocycles. The molecule has 0 spiro atoms. The third-order valence-electron chi connectivity index (χ3n) is 3.12. The highest BCUT2D eigenvalue weighted by molar-refractivity contribution is 7.22. The molecule has 90 valence electrons. The number of anilines is 1. The molecule has 1 fully saturated rings. The normalized spacial score (nSPS) is 15.4. The van der Waals surface area contributed by atoms with Crippen molar-refractivity contribution in [3.63, 3.8) is 0 Å². The van der Waals surface area contributed by atoms with Crippen molar-refractivity contribution in [3.05, 3.63) is 24.3 Å². The largest absolute Gasteiger partial charge is 0.345 e. The number of thiazole rings is 1. The highest BCUT2D eigenvalue weighted by Crippen LogP contribution is 2.36. The third-order valence-corrected chi connectivity index (χ3v) is 4.19. The quantitative estimate of drug-likeness (QED) is 0.883. The Hall–Kier alpha value is -1.13. The smallest absolute Gasteiger partial charge is 0.186 e. The first-order chi connectivity index (χ1) is 8.38. The summed E-state index contributed by atoms with van der Waals surface area (Å²) in [5, 5.41) is 1.17. The fraction of sp³-hybridized carbons (Fsp3) is 0.462. The van der Waals surface area contributed by atoms with Crippen LogP contribution in [-0.2, 0) is 0 Å². The van der Waals surface area contributed by atoms with Crippen LogP contribution in [0.5, 0.6) is 0 Å². The lowest BCUT2D eigenvalue weighted by atomic mass is 10.3. The number of benzene rings is 1. The fourth-order valence-electron chi connectivity index (χ4n) is 2.07. The third kappa shape index (κ3) is 2.28. The summed E-state index contributed by atoms with van der Waals surface area (Å²) in [6.45, 7) is 1.80. The zero-order valence-corrected chi connectivity index (χ0v) is 10.6. The Morgan fingerprint density at radius 2 is 2.18 bits per heavy atom. The highest BCUT2D eigenvalue weighted by atomic mass is 32.1. The van der Waals surface area contributed by atoms with Crippen molar-refractivity contribution in [2.75, 3.05) is 18.0 Å². The summed E-state index contributed by atoms with van der Waals surface area (Å²) < 4.78 is 1.28. The fourth-order valence-corrected chi connectivity index (χ4v) is 3.13. The summed E-state index contributed by atoms with van der Waals surface area (Å²) in [4.78, 5) is 7.17. The Bertz CT molecular complexity index is 471. The van der Waals surface area contributed by atoms with Gasteiger partial charge in [-0.15, -0.1) is 0 Å². The van der Waals surface area contributed by atoms with Crippen molar-refractivity contribution in [1.82, 2.24) is 4.98 Å². The van der Waals surface area contributed by atoms with E-state index in [1.807, 2.05) is 6.07 Å². The summed E-state index contributed by atoms with van der Waals surface area (Å²) in [5.41, 5.74) is 6.72. The Labute approximate surface area is 105 Å². The lowest BCUT2D eigenvalue weighted by molar-refractivity contribution is 0.731. The SMILES string of the molecule is NCCCN(c1nc2ccccc2s1)C1CC1. The van der Waals surface area contributed by atoms with Gasteiger partial charge in [0.25, 0.3) is 0 Å². The van der Waals surface area contributed by atoms with E-state index >= 15 is 0 Å². The van der Waals surface area contributed by atoms with Gasteiger partial charge in [0.2, 0.25) is 0 Å². The van der Waals surface area contributed by atoms with E-state index in [4.69, 9.17) is 10.7 Å². The number of aromatic nitrogens is 1. The van der Waals surface area contributed by atoms with Crippen LogP contribution in [0.2, 0.25) is 0 Å². The number of nitrogens with zero attached hydrogens (tertiary/aromatic N) is 2. The van der Waals surface area contributed by atoms with Crippen molar-refractivity contribution in [1.29, 1.82) is 0 Å². The van der Waals surface area contributed by atoms with E-state index in [1.165, 1.54) is 22.7 Å². The first-order valence-electron chi connectivity index (χ1n) is 6.21. The van der Waals surface area contributed by atoms with Crippen LogP contribution in [0.15, 0.2) is 24.3 Å². The Morgan fingerprint density at radius 3 is 2.88 bits per heavy atom. The van der Waals surface area contributed by atoms with E-state index in [0.29, 0.717) is 6.04 Å². The van der Waals surface area contributed by atoms with Gasteiger partial charge in [-0.25, -0.2) is 4.98 Å². The molecule has 2 N–H and O–H groups in total. The van der Waals surface area contributed by atoms with Crippen LogP contribution < -0.4 is 10.6 Å². The predicted octanol–water partition coefficient (Wildman–Crippen LogP) is 2.61. The molecular formula is C13H17N3S. The molecule has 3 rings (SSSR count). The molecule has 3 nitrogen and oxygen atoms in total. The number of fused-ring (bicyclic) bond motifs is 1. The zero-order valence-electron chi connectivity index (χ0n) is 9.80. The number of rotatable bonds is 5. The number of nitrogens with two attached hydrogens (primary N) is 1. The van der Waals surface area contributed by atoms with Gasteiger partial charge in [0, 0.05) is 12.6 Å². The van der Waals surface area contributed by atoms with Gasteiger partial charge in [0.05, 0.1) is 10.2 Å². The van der Waals surface area contributed by atoms with E-state index < -0.39 is 0 Å². The number of para-hydroxylation sites is 1. The standard InChI is InChI=1S/C13H17N3S/c14-8-3-9-16(10-6-7-10)13-15-11-4-1-2-5-12(11)17-13/h1-2,4-5,10H,3,6-9,14H2. The average molecular weight is 247 g/mol. The van der Waals surface area contributed by atoms with Crippen LogP contribution in [0, 0.1) is 0 Å². The minimum absolute atomic E-state index is 0.710. The molecule has 4 heteroatoms. The van der Waals surface area contributed by atoms with E-state index in [0.717, 1.165) is 25.0 Å². The molecule has 1 aliphatic carbocycles. The minimum atomic E-state index is 0.710. The molecule has 1 aromatic carbocycles. The monoisotopic (exact) mass is 247 g/mol. The Morgan fingerprint density at radius 1 is 1.35 bits per heavy atom. The van der Waals surface area contributed by atoms with E-state index in [1.54, 1.807) is 11.3 Å². The number of hydrogen-bond donors (Lipinski definition) is 1. The van der Waals surface area contributed by atoms with Gasteiger partial charge >= 0.3 is 0 Å². The van der Waals surface area contributed by atoms with Gasteiger partial charge in [-0.3, -0.25) is 0 Å². The molecule has 1 aromatic heterocycles. The van der Waals surface area contributed by atoms with Crippen LogP contribution in [0.1, 0.15) is 19.3 Å². The van der Waals surface area contributed by atoms with Gasteiger partial charge in [0.15, 0.2) is 5.13 Å². The maximum atomic E-state index is 5.61. The van der Waals surface area contributed by atoms with Gasteiger partial charge in [0.1, 0.15) is 0 Å². The lowest BCUT2D eigenvalue weighted by Gasteiger charge is -2.20. The maximum absolute atomic E-state index is 5.61. The molecule has 0 aliphatic heterocycles. The molecule has 2 aromatic rings. The molecular weight excluding hydrogens is 230 g/mol. The highest BCUT2D eigenvalue weighted by Gasteiger charge is 2.30. The summed E-state index contributed by atoms with van der Waals surface area (Å²) >= 11 is 1.80. The first kappa shape index (κ1) is 11.0. The summed E-state index contributed by atoms with van der Waals surface area (Å²) in [5.74, 6) is 0. The van der Waals surface area contributed by atoms with Crippen molar-refractivity contribution < 1.29 is 0 Å². The molecule has 17 heavy (non-hydrogen) atoms. The van der Waals surface area contributed by atoms with E-state index in [2.05, 4.69) is 23.1 Å². The maximum Gasteiger partial charge on any atom is 0.186 e. The molecule has 1 saturated carbocycles. The topological polar surface area (TPSA) is 42.1 Å². The Kier molecular flexibility index (Phi) is 2.99. The Balaban J connectivity index is 1.88. The average Bonchev–Trinajstić information content (AvgIpc) is 3.09. The van der Waals surface area contributed by atoms with Gasteiger partial charge in [-0.2, -0.15) is 0 Å². The minimum Gasteiger partial charge on any atom is -0.345 e. The molecule has 0 atom stereocenters. The van der Waals surface area contributed by atoms with Crippen molar-refractivity contribution in [3.8, 4) is 0 Å². The summed E-state index contributed by atoms with van der Waals surface area (Å²) in [7, 11) is 0. The second kappa shape index (κ2) is 4.63. The second-order valence-corrected chi connectivity index (χ2v) is 5.54. The first-order valence-corrected chi connectivity index (χ1v) is 7.02. The van der Waals surface area contributed by atoms with Crippen molar-refractivity contribution >= 4 is 26.7 Å². The van der Waals surface area contributed by atoms with Crippen LogP contribution >= 0.6 is 11.3 Å². The van der Waals surface area contributed by atoms with Crippen LogP contribution in [0.25, 0.3) is 10.2 Å². The van der Waals surface area contributed by atoms with E-state index in [9.17, 15) is 0 Å². The molecule has 0 unspecified atom stereocenters. The van der Waals surface area contributed by atoms with Crippen LogP contribution in [0.4, 0.5) is 5.13 Å². The van der Waals surface area contributed by atoms with Crippen molar-refractivity contribution in [2.24, 2.45) is 5.73 Å². The molecule has 0 bridgehead atoms. The molecule has 1 aliphatic rings. The van der Waals surface area contributed by atoms with Crippen LogP contribution in [0.3, 0.4) is 0 Å².